The second kappa shape index (κ2) is 11.9. The minimum Gasteiger partial charge on any atom is -0.426 e. The Morgan fingerprint density at radius 3 is 1.61 bits per heavy atom. The van der Waals surface area contributed by atoms with Crippen molar-refractivity contribution in [3.05, 3.63) is 28.8 Å². The monoisotopic (exact) mass is 480 g/mol. The number of rotatable bonds is 6. The molecule has 1 aliphatic heterocycles. The molecule has 0 unspecified atom stereocenters. The summed E-state index contributed by atoms with van der Waals surface area (Å²) >= 11 is 0. The lowest BCUT2D eigenvalue weighted by atomic mass is 9.75. The van der Waals surface area contributed by atoms with Crippen LogP contribution in [-0.4, -0.2) is 13.2 Å². The maximum Gasteiger partial charge on any atom is 0.397 e. The highest BCUT2D eigenvalue weighted by Crippen LogP contribution is 2.53. The summed E-state index contributed by atoms with van der Waals surface area (Å²) < 4.78 is 19.1. The molecule has 0 amide bonds. The van der Waals surface area contributed by atoms with Crippen LogP contribution in [0, 0.1) is 5.41 Å². The molecule has 1 fully saturated rings. The highest BCUT2D eigenvalue weighted by Gasteiger charge is 2.39. The Morgan fingerprint density at radius 2 is 1.27 bits per heavy atom. The third-order valence-electron chi connectivity index (χ3n) is 6.50. The van der Waals surface area contributed by atoms with Crippen molar-refractivity contribution in [1.29, 1.82) is 0 Å². The molecule has 0 aliphatic carbocycles. The van der Waals surface area contributed by atoms with Gasteiger partial charge in [-0.3, -0.25) is 0 Å². The van der Waals surface area contributed by atoms with E-state index >= 15 is 0 Å². The first kappa shape index (κ1) is 30.4. The average molecular weight is 481 g/mol. The lowest BCUT2D eigenvalue weighted by molar-refractivity contribution is 0.00783. The molecule has 1 heterocycles. The van der Waals surface area contributed by atoms with Crippen LogP contribution in [0.5, 0.6) is 5.75 Å². The van der Waals surface area contributed by atoms with Crippen LogP contribution in [0.1, 0.15) is 132 Å². The molecule has 1 aromatic rings. The van der Waals surface area contributed by atoms with Crippen molar-refractivity contribution in [2.75, 3.05) is 13.2 Å². The molecule has 0 N–H and O–H groups in total. The molecular formula is C29H53O3P. The molecule has 0 atom stereocenters. The molecule has 192 valence electrons. The smallest absolute Gasteiger partial charge is 0.397 e. The van der Waals surface area contributed by atoms with Crippen molar-refractivity contribution in [3.8, 4) is 5.75 Å². The first-order valence-corrected chi connectivity index (χ1v) is 14.2. The third kappa shape index (κ3) is 8.22. The van der Waals surface area contributed by atoms with Crippen LogP contribution in [0.15, 0.2) is 12.1 Å². The Labute approximate surface area is 207 Å². The predicted molar refractivity (Wildman–Crippen MR) is 146 cm³/mol. The quantitative estimate of drug-likeness (QED) is 0.379. The van der Waals surface area contributed by atoms with Crippen molar-refractivity contribution >= 4 is 8.60 Å². The minimum atomic E-state index is -1.39. The molecule has 0 saturated carbocycles. The number of unbranched alkanes of at least 4 members (excludes halogenated alkanes) is 1. The van der Waals surface area contributed by atoms with E-state index in [0.717, 1.165) is 31.8 Å². The Bertz CT molecular complexity index is 692. The van der Waals surface area contributed by atoms with Gasteiger partial charge in [0.15, 0.2) is 0 Å². The summed E-state index contributed by atoms with van der Waals surface area (Å²) in [7, 11) is -1.39. The van der Waals surface area contributed by atoms with E-state index in [9.17, 15) is 0 Å². The summed E-state index contributed by atoms with van der Waals surface area (Å²) in [5.74, 6) is 0.955. The fourth-order valence-corrected chi connectivity index (χ4v) is 5.22. The predicted octanol–water partition coefficient (Wildman–Crippen LogP) is 9.84. The van der Waals surface area contributed by atoms with Crippen molar-refractivity contribution in [1.82, 2.24) is 0 Å². The van der Waals surface area contributed by atoms with Crippen molar-refractivity contribution in [2.45, 2.75) is 132 Å². The van der Waals surface area contributed by atoms with E-state index in [4.69, 9.17) is 13.6 Å². The number of benzene rings is 1. The van der Waals surface area contributed by atoms with Crippen molar-refractivity contribution in [3.63, 3.8) is 0 Å². The maximum absolute atomic E-state index is 6.60. The van der Waals surface area contributed by atoms with Crippen molar-refractivity contribution < 1.29 is 13.6 Å². The molecule has 1 aliphatic rings. The van der Waals surface area contributed by atoms with E-state index < -0.39 is 8.60 Å². The molecule has 33 heavy (non-hydrogen) atoms. The molecule has 0 aromatic heterocycles. The van der Waals surface area contributed by atoms with Gasteiger partial charge in [-0.25, -0.2) is 0 Å². The van der Waals surface area contributed by atoms with Crippen LogP contribution >= 0.6 is 8.60 Å². The topological polar surface area (TPSA) is 27.7 Å². The second-order valence-corrected chi connectivity index (χ2v) is 13.6. The van der Waals surface area contributed by atoms with Gasteiger partial charge in [0.2, 0.25) is 0 Å². The summed E-state index contributed by atoms with van der Waals surface area (Å²) in [6, 6.07) is 4.67. The van der Waals surface area contributed by atoms with Gasteiger partial charge in [0, 0.05) is 16.5 Å². The van der Waals surface area contributed by atoms with Crippen LogP contribution in [0.2, 0.25) is 0 Å². The first-order chi connectivity index (χ1) is 15.1. The molecule has 4 heteroatoms. The summed E-state index contributed by atoms with van der Waals surface area (Å²) in [6.07, 6.45) is 4.66. The van der Waals surface area contributed by atoms with Gasteiger partial charge in [0.05, 0.1) is 13.2 Å². The van der Waals surface area contributed by atoms with E-state index in [2.05, 4.69) is 88.3 Å². The average Bonchev–Trinajstić information content (AvgIpc) is 2.72. The lowest BCUT2D eigenvalue weighted by Gasteiger charge is -2.39. The summed E-state index contributed by atoms with van der Waals surface area (Å²) in [5.41, 5.74) is 3.93. The van der Waals surface area contributed by atoms with E-state index in [0.29, 0.717) is 0 Å². The van der Waals surface area contributed by atoms with E-state index in [1.54, 1.807) is 0 Å². The van der Waals surface area contributed by atoms with Crippen LogP contribution in [-0.2, 0) is 25.3 Å². The molecule has 0 bridgehead atoms. The SMILES string of the molecule is CC.CCCCC1(CC)COP(Oc2c(C(C)(C)C)cc(C(C)(C)C)cc2C(C)(C)C)OC1. The Hall–Kier alpha value is -0.630. The maximum atomic E-state index is 6.60. The Kier molecular flexibility index (Phi) is 10.9. The molecule has 0 radical (unpaired) electrons. The molecule has 1 aromatic carbocycles. The minimum absolute atomic E-state index is 0.0456. The molecular weight excluding hydrogens is 427 g/mol. The fraction of sp³-hybridized carbons (Fsp3) is 0.793. The second-order valence-electron chi connectivity index (χ2n) is 12.5. The highest BCUT2D eigenvalue weighted by atomic mass is 31.2. The van der Waals surface area contributed by atoms with Crippen LogP contribution in [0.25, 0.3) is 0 Å². The van der Waals surface area contributed by atoms with Gasteiger partial charge in [-0.05, 0) is 34.7 Å². The highest BCUT2D eigenvalue weighted by molar-refractivity contribution is 7.42. The zero-order chi connectivity index (χ0) is 25.7. The molecule has 0 spiro atoms. The van der Waals surface area contributed by atoms with E-state index in [1.165, 1.54) is 29.5 Å². The van der Waals surface area contributed by atoms with Gasteiger partial charge in [-0.2, -0.15) is 0 Å². The Morgan fingerprint density at radius 1 is 0.818 bits per heavy atom. The lowest BCUT2D eigenvalue weighted by Crippen LogP contribution is -2.35. The standard InChI is InChI=1S/C27H47O3P.C2H6/c1-12-14-15-27(13-2)18-28-31(29-19-27)30-23-21(25(6,7)8)16-20(24(3,4)5)17-22(23)26(9,10)11;1-2/h16-17H,12-15,18-19H2,1-11H3;1-2H3. The first-order valence-electron chi connectivity index (χ1n) is 13.1. The van der Waals surface area contributed by atoms with Crippen LogP contribution < -0.4 is 4.52 Å². The molecule has 2 rings (SSSR count). The Balaban J connectivity index is 0.00000265. The van der Waals surface area contributed by atoms with Gasteiger partial charge in [0.25, 0.3) is 0 Å². The van der Waals surface area contributed by atoms with E-state index in [1.807, 2.05) is 13.8 Å². The van der Waals surface area contributed by atoms with Gasteiger partial charge >= 0.3 is 8.60 Å². The third-order valence-corrected chi connectivity index (χ3v) is 7.51. The largest absolute Gasteiger partial charge is 0.426 e. The fourth-order valence-electron chi connectivity index (χ4n) is 3.94. The summed E-state index contributed by atoms with van der Waals surface area (Å²) in [5, 5.41) is 0. The number of hydrogen-bond acceptors (Lipinski definition) is 3. The molecule has 1 saturated heterocycles. The summed E-state index contributed by atoms with van der Waals surface area (Å²) in [4.78, 5) is 0. The van der Waals surface area contributed by atoms with Crippen LogP contribution in [0.4, 0.5) is 0 Å². The zero-order valence-corrected chi connectivity index (χ0v) is 25.0. The zero-order valence-electron chi connectivity index (χ0n) is 24.1. The van der Waals surface area contributed by atoms with Crippen LogP contribution in [0.3, 0.4) is 0 Å². The van der Waals surface area contributed by atoms with E-state index in [-0.39, 0.29) is 21.7 Å². The normalized spacial score (nSPS) is 21.9. The van der Waals surface area contributed by atoms with Gasteiger partial charge < -0.3 is 13.6 Å². The van der Waals surface area contributed by atoms with Gasteiger partial charge in [-0.15, -0.1) is 0 Å². The summed E-state index contributed by atoms with van der Waals surface area (Å²) in [6.45, 7) is 30.3. The number of hydrogen-bond donors (Lipinski definition) is 0. The van der Waals surface area contributed by atoms with Crippen molar-refractivity contribution in [2.24, 2.45) is 5.41 Å². The van der Waals surface area contributed by atoms with Gasteiger partial charge in [0.1, 0.15) is 5.75 Å². The van der Waals surface area contributed by atoms with Gasteiger partial charge in [-0.1, -0.05) is 115 Å². The molecule has 3 nitrogen and oxygen atoms in total.